The van der Waals surface area contributed by atoms with Crippen molar-refractivity contribution in [3.63, 3.8) is 0 Å². The second-order valence-corrected chi connectivity index (χ2v) is 5.38. The van der Waals surface area contributed by atoms with E-state index in [0.29, 0.717) is 12.3 Å². The van der Waals surface area contributed by atoms with Crippen LogP contribution in [0.15, 0.2) is 24.3 Å². The van der Waals surface area contributed by atoms with Crippen molar-refractivity contribution in [1.82, 2.24) is 5.32 Å². The number of benzene rings is 1. The molecule has 1 atom stereocenters. The zero-order valence-electron chi connectivity index (χ0n) is 11.4. The zero-order valence-corrected chi connectivity index (χ0v) is 12.1. The Labute approximate surface area is 115 Å². The third-order valence-corrected chi connectivity index (χ3v) is 3.22. The van der Waals surface area contributed by atoms with Gasteiger partial charge in [0.25, 0.3) is 0 Å². The summed E-state index contributed by atoms with van der Waals surface area (Å²) in [6.07, 6.45) is 2.59. The monoisotopic (exact) mass is 267 g/mol. The molecule has 0 aliphatic rings. The molecular weight excluding hydrogens is 246 g/mol. The largest absolute Gasteiger partial charge is 0.349 e. The van der Waals surface area contributed by atoms with Gasteiger partial charge in [0.05, 0.1) is 6.04 Å². The lowest BCUT2D eigenvalue weighted by Crippen LogP contribution is -2.31. The van der Waals surface area contributed by atoms with Gasteiger partial charge in [0.2, 0.25) is 5.91 Å². The van der Waals surface area contributed by atoms with Crippen molar-refractivity contribution in [2.75, 3.05) is 0 Å². The van der Waals surface area contributed by atoms with Gasteiger partial charge in [0, 0.05) is 11.4 Å². The Kier molecular flexibility index (Phi) is 6.20. The van der Waals surface area contributed by atoms with Gasteiger partial charge in [-0.3, -0.25) is 4.79 Å². The number of amides is 1. The van der Waals surface area contributed by atoms with Crippen LogP contribution in [0.4, 0.5) is 0 Å². The van der Waals surface area contributed by atoms with Crippen LogP contribution in [-0.4, -0.2) is 5.91 Å². The molecule has 0 radical (unpaired) electrons. The number of rotatable bonds is 6. The van der Waals surface area contributed by atoms with Gasteiger partial charge in [-0.05, 0) is 30.0 Å². The van der Waals surface area contributed by atoms with Gasteiger partial charge in [-0.1, -0.05) is 50.9 Å². The molecule has 0 spiro atoms. The smallest absolute Gasteiger partial charge is 0.220 e. The number of hydrogen-bond acceptors (Lipinski definition) is 1. The van der Waals surface area contributed by atoms with E-state index in [-0.39, 0.29) is 11.9 Å². The maximum absolute atomic E-state index is 11.8. The lowest BCUT2D eigenvalue weighted by Gasteiger charge is -2.23. The Morgan fingerprint density at radius 1 is 1.28 bits per heavy atom. The highest BCUT2D eigenvalue weighted by molar-refractivity contribution is 6.30. The molecular formula is C15H22ClNO. The highest BCUT2D eigenvalue weighted by Crippen LogP contribution is 2.23. The molecule has 0 aromatic heterocycles. The first-order valence-electron chi connectivity index (χ1n) is 6.59. The fraction of sp³-hybridized carbons (Fsp3) is 0.533. The van der Waals surface area contributed by atoms with E-state index < -0.39 is 0 Å². The standard InChI is InChI=1S/C15H22ClNO/c1-4-5-6-14(18)17-15(11(2)3)12-7-9-13(16)10-8-12/h7-11,15H,4-6H2,1-3H3,(H,17,18). The second-order valence-electron chi connectivity index (χ2n) is 4.94. The lowest BCUT2D eigenvalue weighted by atomic mass is 9.96. The van der Waals surface area contributed by atoms with E-state index in [1.165, 1.54) is 0 Å². The predicted molar refractivity (Wildman–Crippen MR) is 76.7 cm³/mol. The molecule has 0 saturated carbocycles. The Balaban J connectivity index is 2.71. The van der Waals surface area contributed by atoms with Gasteiger partial charge in [-0.15, -0.1) is 0 Å². The van der Waals surface area contributed by atoms with Crippen molar-refractivity contribution in [3.05, 3.63) is 34.9 Å². The minimum atomic E-state index is 0.0617. The molecule has 1 aromatic carbocycles. The summed E-state index contributed by atoms with van der Waals surface area (Å²) in [5.74, 6) is 0.488. The number of unbranched alkanes of at least 4 members (excludes halogenated alkanes) is 1. The number of hydrogen-bond donors (Lipinski definition) is 1. The molecule has 2 nitrogen and oxygen atoms in total. The van der Waals surface area contributed by atoms with Crippen LogP contribution in [0.2, 0.25) is 5.02 Å². The summed E-state index contributed by atoms with van der Waals surface area (Å²) in [5, 5.41) is 3.83. The van der Waals surface area contributed by atoms with Gasteiger partial charge >= 0.3 is 0 Å². The summed E-state index contributed by atoms with van der Waals surface area (Å²) in [6, 6.07) is 7.75. The van der Waals surface area contributed by atoms with Crippen LogP contribution in [0.3, 0.4) is 0 Å². The molecule has 0 fully saturated rings. The van der Waals surface area contributed by atoms with E-state index in [1.807, 2.05) is 24.3 Å². The Hall–Kier alpha value is -1.02. The predicted octanol–water partition coefficient (Wildman–Crippen LogP) is 4.34. The molecule has 100 valence electrons. The first-order valence-corrected chi connectivity index (χ1v) is 6.97. The SMILES string of the molecule is CCCCC(=O)NC(c1ccc(Cl)cc1)C(C)C. The molecule has 3 heteroatoms. The molecule has 0 aliphatic carbocycles. The maximum Gasteiger partial charge on any atom is 0.220 e. The van der Waals surface area contributed by atoms with Gasteiger partial charge in [-0.25, -0.2) is 0 Å². The van der Waals surface area contributed by atoms with E-state index >= 15 is 0 Å². The lowest BCUT2D eigenvalue weighted by molar-refractivity contribution is -0.122. The van der Waals surface area contributed by atoms with Crippen LogP contribution >= 0.6 is 11.6 Å². The average molecular weight is 268 g/mol. The quantitative estimate of drug-likeness (QED) is 0.816. The van der Waals surface area contributed by atoms with Gasteiger partial charge in [0.15, 0.2) is 0 Å². The normalized spacial score (nSPS) is 12.5. The number of carbonyl (C=O) groups is 1. The van der Waals surface area contributed by atoms with E-state index in [9.17, 15) is 4.79 Å². The number of halogens is 1. The molecule has 1 aromatic rings. The zero-order chi connectivity index (χ0) is 13.5. The first-order chi connectivity index (χ1) is 8.54. The molecule has 0 bridgehead atoms. The molecule has 18 heavy (non-hydrogen) atoms. The first kappa shape index (κ1) is 15.0. The minimum Gasteiger partial charge on any atom is -0.349 e. The Morgan fingerprint density at radius 2 is 1.89 bits per heavy atom. The molecule has 0 aliphatic heterocycles. The molecule has 0 heterocycles. The summed E-state index contributed by atoms with van der Waals surface area (Å²) in [5.41, 5.74) is 1.11. The van der Waals surface area contributed by atoms with Crippen LogP contribution in [0.25, 0.3) is 0 Å². The van der Waals surface area contributed by atoms with Crippen LogP contribution in [0, 0.1) is 5.92 Å². The molecule has 1 unspecified atom stereocenters. The second kappa shape index (κ2) is 7.42. The highest BCUT2D eigenvalue weighted by Gasteiger charge is 2.17. The highest BCUT2D eigenvalue weighted by atomic mass is 35.5. The Morgan fingerprint density at radius 3 is 2.39 bits per heavy atom. The van der Waals surface area contributed by atoms with E-state index in [0.717, 1.165) is 23.4 Å². The van der Waals surface area contributed by atoms with Crippen molar-refractivity contribution in [2.24, 2.45) is 5.92 Å². The third-order valence-electron chi connectivity index (χ3n) is 2.97. The van der Waals surface area contributed by atoms with Crippen LogP contribution in [0.1, 0.15) is 51.6 Å². The third kappa shape index (κ3) is 4.69. The molecule has 1 N–H and O–H groups in total. The minimum absolute atomic E-state index is 0.0617. The topological polar surface area (TPSA) is 29.1 Å². The van der Waals surface area contributed by atoms with Crippen molar-refractivity contribution in [1.29, 1.82) is 0 Å². The fourth-order valence-electron chi connectivity index (χ4n) is 1.89. The summed E-state index contributed by atoms with van der Waals surface area (Å²) in [7, 11) is 0. The van der Waals surface area contributed by atoms with Crippen molar-refractivity contribution in [2.45, 2.75) is 46.1 Å². The molecule has 1 rings (SSSR count). The van der Waals surface area contributed by atoms with Crippen molar-refractivity contribution in [3.8, 4) is 0 Å². The summed E-state index contributed by atoms with van der Waals surface area (Å²) < 4.78 is 0. The van der Waals surface area contributed by atoms with E-state index in [1.54, 1.807) is 0 Å². The number of nitrogens with one attached hydrogen (secondary N) is 1. The van der Waals surface area contributed by atoms with Crippen molar-refractivity contribution >= 4 is 17.5 Å². The summed E-state index contributed by atoms with van der Waals surface area (Å²) in [4.78, 5) is 11.8. The van der Waals surface area contributed by atoms with Crippen LogP contribution < -0.4 is 5.32 Å². The van der Waals surface area contributed by atoms with Gasteiger partial charge in [-0.2, -0.15) is 0 Å². The summed E-state index contributed by atoms with van der Waals surface area (Å²) in [6.45, 7) is 6.31. The van der Waals surface area contributed by atoms with Crippen LogP contribution in [-0.2, 0) is 4.79 Å². The van der Waals surface area contributed by atoms with Crippen molar-refractivity contribution < 1.29 is 4.79 Å². The van der Waals surface area contributed by atoms with Gasteiger partial charge in [0.1, 0.15) is 0 Å². The van der Waals surface area contributed by atoms with Gasteiger partial charge < -0.3 is 5.32 Å². The maximum atomic E-state index is 11.8. The molecule has 1 amide bonds. The fourth-order valence-corrected chi connectivity index (χ4v) is 2.01. The van der Waals surface area contributed by atoms with Crippen LogP contribution in [0.5, 0.6) is 0 Å². The van der Waals surface area contributed by atoms with E-state index in [4.69, 9.17) is 11.6 Å². The van der Waals surface area contributed by atoms with E-state index in [2.05, 4.69) is 26.1 Å². The summed E-state index contributed by atoms with van der Waals surface area (Å²) >= 11 is 5.88. The molecule has 0 saturated heterocycles. The average Bonchev–Trinajstić information content (AvgIpc) is 2.34. The number of carbonyl (C=O) groups excluding carboxylic acids is 1. The Bertz CT molecular complexity index is 373.